The van der Waals surface area contributed by atoms with Gasteiger partial charge in [-0.2, -0.15) is 0 Å². The molecule has 0 aliphatic heterocycles. The minimum Gasteiger partial charge on any atom is -0.325 e. The molecule has 104 valence electrons. The standard InChI is InChI=1S/C17H20N2O/c1-14-7-5-6-8-15(14)11-12-18-13-17(20)19-16-9-3-2-4-10-16/h2-10,18H,11-13H2,1H3,(H,19,20). The minimum atomic E-state index is -0.0130. The number of carbonyl (C=O) groups is 1. The summed E-state index contributed by atoms with van der Waals surface area (Å²) in [7, 11) is 0. The van der Waals surface area contributed by atoms with Crippen LogP contribution in [0.3, 0.4) is 0 Å². The van der Waals surface area contributed by atoms with E-state index in [-0.39, 0.29) is 5.91 Å². The lowest BCUT2D eigenvalue weighted by Gasteiger charge is -2.08. The number of carbonyl (C=O) groups excluding carboxylic acids is 1. The van der Waals surface area contributed by atoms with E-state index in [1.807, 2.05) is 42.5 Å². The molecule has 0 aliphatic carbocycles. The molecule has 2 N–H and O–H groups in total. The first kappa shape index (κ1) is 14.3. The topological polar surface area (TPSA) is 41.1 Å². The van der Waals surface area contributed by atoms with Crippen molar-refractivity contribution in [2.24, 2.45) is 0 Å². The van der Waals surface area contributed by atoms with Crippen LogP contribution in [0.2, 0.25) is 0 Å². The summed E-state index contributed by atoms with van der Waals surface area (Å²) in [4.78, 5) is 11.7. The highest BCUT2D eigenvalue weighted by Gasteiger charge is 2.01. The maximum atomic E-state index is 11.7. The average molecular weight is 268 g/mol. The number of para-hydroxylation sites is 1. The maximum Gasteiger partial charge on any atom is 0.238 e. The monoisotopic (exact) mass is 268 g/mol. The zero-order chi connectivity index (χ0) is 14.2. The van der Waals surface area contributed by atoms with Gasteiger partial charge >= 0.3 is 0 Å². The summed E-state index contributed by atoms with van der Waals surface area (Å²) in [6.45, 7) is 3.24. The Balaban J connectivity index is 1.69. The van der Waals surface area contributed by atoms with Crippen molar-refractivity contribution < 1.29 is 4.79 Å². The minimum absolute atomic E-state index is 0.0130. The van der Waals surface area contributed by atoms with Crippen LogP contribution in [0.15, 0.2) is 54.6 Å². The van der Waals surface area contributed by atoms with Gasteiger partial charge in [0.2, 0.25) is 5.91 Å². The molecule has 2 aromatic carbocycles. The summed E-state index contributed by atoms with van der Waals surface area (Å²) in [6.07, 6.45) is 0.936. The number of hydrogen-bond donors (Lipinski definition) is 2. The van der Waals surface area contributed by atoms with Gasteiger partial charge in [0.05, 0.1) is 6.54 Å². The number of aryl methyl sites for hydroxylation is 1. The summed E-state index contributed by atoms with van der Waals surface area (Å²) < 4.78 is 0. The van der Waals surface area contributed by atoms with Crippen LogP contribution in [0.25, 0.3) is 0 Å². The molecule has 0 aliphatic rings. The van der Waals surface area contributed by atoms with Crippen LogP contribution < -0.4 is 10.6 Å². The highest BCUT2D eigenvalue weighted by molar-refractivity contribution is 5.92. The number of amides is 1. The second-order valence-corrected chi connectivity index (χ2v) is 4.77. The van der Waals surface area contributed by atoms with Crippen LogP contribution in [0.1, 0.15) is 11.1 Å². The molecule has 1 amide bonds. The van der Waals surface area contributed by atoms with Gasteiger partial charge in [-0.15, -0.1) is 0 Å². The largest absolute Gasteiger partial charge is 0.325 e. The van der Waals surface area contributed by atoms with Gasteiger partial charge in [-0.1, -0.05) is 42.5 Å². The predicted octanol–water partition coefficient (Wildman–Crippen LogP) is 2.77. The van der Waals surface area contributed by atoms with Gasteiger partial charge in [-0.05, 0) is 43.1 Å². The first-order valence-corrected chi connectivity index (χ1v) is 6.86. The van der Waals surface area contributed by atoms with Crippen molar-refractivity contribution in [3.63, 3.8) is 0 Å². The Labute approximate surface area is 120 Å². The molecule has 3 nitrogen and oxygen atoms in total. The lowest BCUT2D eigenvalue weighted by molar-refractivity contribution is -0.115. The van der Waals surface area contributed by atoms with Gasteiger partial charge in [0, 0.05) is 5.69 Å². The van der Waals surface area contributed by atoms with Crippen molar-refractivity contribution in [2.45, 2.75) is 13.3 Å². The zero-order valence-corrected chi connectivity index (χ0v) is 11.7. The number of benzene rings is 2. The van der Waals surface area contributed by atoms with Crippen molar-refractivity contribution in [2.75, 3.05) is 18.4 Å². The van der Waals surface area contributed by atoms with E-state index in [4.69, 9.17) is 0 Å². The van der Waals surface area contributed by atoms with E-state index < -0.39 is 0 Å². The molecule has 0 saturated carbocycles. The van der Waals surface area contributed by atoms with E-state index >= 15 is 0 Å². The normalized spacial score (nSPS) is 10.2. The molecule has 3 heteroatoms. The Bertz CT molecular complexity index is 552. The predicted molar refractivity (Wildman–Crippen MR) is 82.8 cm³/mol. The quantitative estimate of drug-likeness (QED) is 0.791. The van der Waals surface area contributed by atoms with E-state index in [0.717, 1.165) is 18.7 Å². The van der Waals surface area contributed by atoms with Gasteiger partial charge in [-0.25, -0.2) is 0 Å². The smallest absolute Gasteiger partial charge is 0.238 e. The SMILES string of the molecule is Cc1ccccc1CCNCC(=O)Nc1ccccc1. The molecule has 0 bridgehead atoms. The summed E-state index contributed by atoms with van der Waals surface area (Å²) in [5.74, 6) is -0.0130. The Hall–Kier alpha value is -2.13. The van der Waals surface area contributed by atoms with Crippen LogP contribution in [0.5, 0.6) is 0 Å². The van der Waals surface area contributed by atoms with E-state index in [1.54, 1.807) is 0 Å². The number of hydrogen-bond acceptors (Lipinski definition) is 2. The van der Waals surface area contributed by atoms with Gasteiger partial charge in [0.1, 0.15) is 0 Å². The van der Waals surface area contributed by atoms with Crippen LogP contribution in [-0.2, 0) is 11.2 Å². The van der Waals surface area contributed by atoms with Gasteiger partial charge in [-0.3, -0.25) is 4.79 Å². The molecular weight excluding hydrogens is 248 g/mol. The molecule has 0 aromatic heterocycles. The van der Waals surface area contributed by atoms with Crippen molar-refractivity contribution in [1.82, 2.24) is 5.32 Å². The third-order valence-electron chi connectivity index (χ3n) is 3.18. The average Bonchev–Trinajstić information content (AvgIpc) is 2.46. The molecule has 20 heavy (non-hydrogen) atoms. The molecule has 0 heterocycles. The molecule has 0 atom stereocenters. The third-order valence-corrected chi connectivity index (χ3v) is 3.18. The van der Waals surface area contributed by atoms with Crippen LogP contribution >= 0.6 is 0 Å². The molecule has 0 saturated heterocycles. The fourth-order valence-corrected chi connectivity index (χ4v) is 2.04. The van der Waals surface area contributed by atoms with Crippen molar-refractivity contribution in [1.29, 1.82) is 0 Å². The molecule has 0 unspecified atom stereocenters. The summed E-state index contributed by atoms with van der Waals surface area (Å²) in [5, 5.41) is 6.02. The maximum absolute atomic E-state index is 11.7. The second-order valence-electron chi connectivity index (χ2n) is 4.77. The van der Waals surface area contributed by atoms with Gasteiger partial charge < -0.3 is 10.6 Å². The molecule has 2 aromatic rings. The first-order valence-electron chi connectivity index (χ1n) is 6.86. The van der Waals surface area contributed by atoms with Crippen molar-refractivity contribution >= 4 is 11.6 Å². The number of anilines is 1. The fourth-order valence-electron chi connectivity index (χ4n) is 2.04. The van der Waals surface area contributed by atoms with Crippen LogP contribution in [0, 0.1) is 6.92 Å². The highest BCUT2D eigenvalue weighted by Crippen LogP contribution is 2.07. The van der Waals surface area contributed by atoms with Crippen LogP contribution in [-0.4, -0.2) is 19.0 Å². The van der Waals surface area contributed by atoms with E-state index in [1.165, 1.54) is 11.1 Å². The molecule has 0 radical (unpaired) electrons. The first-order chi connectivity index (χ1) is 9.75. The summed E-state index contributed by atoms with van der Waals surface area (Å²) >= 11 is 0. The van der Waals surface area contributed by atoms with Crippen molar-refractivity contribution in [3.05, 3.63) is 65.7 Å². The van der Waals surface area contributed by atoms with Crippen LogP contribution in [0.4, 0.5) is 5.69 Å². The molecule has 2 rings (SSSR count). The molecule has 0 spiro atoms. The van der Waals surface area contributed by atoms with E-state index in [9.17, 15) is 4.79 Å². The second kappa shape index (κ2) is 7.46. The summed E-state index contributed by atoms with van der Waals surface area (Å²) in [5.41, 5.74) is 3.45. The Morgan fingerprint density at radius 1 is 1.00 bits per heavy atom. The highest BCUT2D eigenvalue weighted by atomic mass is 16.1. The summed E-state index contributed by atoms with van der Waals surface area (Å²) in [6, 6.07) is 17.8. The van der Waals surface area contributed by atoms with Gasteiger partial charge in [0.25, 0.3) is 0 Å². The third kappa shape index (κ3) is 4.52. The lowest BCUT2D eigenvalue weighted by atomic mass is 10.1. The lowest BCUT2D eigenvalue weighted by Crippen LogP contribution is -2.29. The Kier molecular flexibility index (Phi) is 5.33. The van der Waals surface area contributed by atoms with Crippen molar-refractivity contribution in [3.8, 4) is 0 Å². The molecule has 0 fully saturated rings. The fraction of sp³-hybridized carbons (Fsp3) is 0.235. The number of nitrogens with one attached hydrogen (secondary N) is 2. The molecular formula is C17H20N2O. The Morgan fingerprint density at radius 2 is 1.70 bits per heavy atom. The van der Waals surface area contributed by atoms with E-state index in [0.29, 0.717) is 6.54 Å². The number of rotatable bonds is 6. The Morgan fingerprint density at radius 3 is 2.45 bits per heavy atom. The van der Waals surface area contributed by atoms with E-state index in [2.05, 4.69) is 29.7 Å². The van der Waals surface area contributed by atoms with Gasteiger partial charge in [0.15, 0.2) is 0 Å². The zero-order valence-electron chi connectivity index (χ0n) is 11.7.